The third kappa shape index (κ3) is 3.49. The van der Waals surface area contributed by atoms with Crippen LogP contribution in [0, 0.1) is 4.91 Å². The topological polar surface area (TPSA) is 94.6 Å². The van der Waals surface area contributed by atoms with E-state index in [2.05, 4.69) is 15.0 Å². The number of nitrogens with one attached hydrogen (secondary N) is 2. The number of fused-ring (bicyclic) bond motifs is 1. The van der Waals surface area contributed by atoms with Gasteiger partial charge in [0.15, 0.2) is 0 Å². The molecule has 0 bridgehead atoms. The van der Waals surface area contributed by atoms with Gasteiger partial charge in [0, 0.05) is 29.2 Å². The normalized spacial score (nSPS) is 15.5. The Morgan fingerprint density at radius 2 is 2.21 bits per heavy atom. The maximum atomic E-state index is 11.6. The van der Waals surface area contributed by atoms with Gasteiger partial charge in [-0.05, 0) is 43.2 Å². The number of sulfonamides is 1. The number of hydrogen-bond acceptors (Lipinski definition) is 4. The minimum absolute atomic E-state index is 0.0669. The SMILES string of the molecule is CNS(=O)(=O)CCc1ccc2[nH]cc(C3=CCN(N=O)CC3)c2c1. The van der Waals surface area contributed by atoms with Gasteiger partial charge < -0.3 is 4.98 Å². The molecule has 0 saturated heterocycles. The quantitative estimate of drug-likeness (QED) is 0.781. The zero-order valence-electron chi connectivity index (χ0n) is 13.4. The van der Waals surface area contributed by atoms with Crippen LogP contribution in [0.3, 0.4) is 0 Å². The lowest BCUT2D eigenvalue weighted by atomic mass is 9.98. The third-order valence-corrected chi connectivity index (χ3v) is 5.73. The standard InChI is InChI=1S/C16H20N4O3S/c1-17-24(22,23)9-6-12-2-3-16-14(10-12)15(11-18-16)13-4-7-20(19-21)8-5-13/h2-4,10-11,17-18H,5-9H2,1H3. The fourth-order valence-corrected chi connectivity index (χ4v) is 3.63. The molecule has 0 radical (unpaired) electrons. The van der Waals surface area contributed by atoms with Crippen LogP contribution in [0.1, 0.15) is 17.5 Å². The number of nitrogens with zero attached hydrogens (tertiary/aromatic N) is 2. The summed E-state index contributed by atoms with van der Waals surface area (Å²) in [5, 5.41) is 5.53. The first kappa shape index (κ1) is 16.7. The monoisotopic (exact) mass is 348 g/mol. The summed E-state index contributed by atoms with van der Waals surface area (Å²) in [6.45, 7) is 1.13. The maximum Gasteiger partial charge on any atom is 0.211 e. The molecular weight excluding hydrogens is 328 g/mol. The summed E-state index contributed by atoms with van der Waals surface area (Å²) in [7, 11) is -1.79. The molecule has 24 heavy (non-hydrogen) atoms. The van der Waals surface area contributed by atoms with Gasteiger partial charge in [-0.15, -0.1) is 4.91 Å². The van der Waals surface area contributed by atoms with Crippen molar-refractivity contribution in [3.8, 4) is 0 Å². The number of benzene rings is 1. The summed E-state index contributed by atoms with van der Waals surface area (Å²) in [4.78, 5) is 13.8. The number of rotatable bonds is 6. The van der Waals surface area contributed by atoms with Crippen molar-refractivity contribution in [2.24, 2.45) is 5.29 Å². The van der Waals surface area contributed by atoms with Crippen LogP contribution in [0.5, 0.6) is 0 Å². The Bertz CT molecular complexity index is 886. The third-order valence-electron chi connectivity index (χ3n) is 4.37. The van der Waals surface area contributed by atoms with Crippen molar-refractivity contribution in [2.45, 2.75) is 12.8 Å². The summed E-state index contributed by atoms with van der Waals surface area (Å²) >= 11 is 0. The molecule has 0 saturated carbocycles. The van der Waals surface area contributed by atoms with Crippen molar-refractivity contribution in [2.75, 3.05) is 25.9 Å². The molecule has 1 aromatic carbocycles. The number of hydrogen-bond donors (Lipinski definition) is 2. The molecule has 0 spiro atoms. The lowest BCUT2D eigenvalue weighted by Gasteiger charge is -2.20. The van der Waals surface area contributed by atoms with E-state index in [1.54, 1.807) is 0 Å². The highest BCUT2D eigenvalue weighted by Gasteiger charge is 2.16. The fourth-order valence-electron chi connectivity index (χ4n) is 2.92. The van der Waals surface area contributed by atoms with Crippen LogP contribution in [-0.4, -0.2) is 44.3 Å². The average Bonchev–Trinajstić information content (AvgIpc) is 3.03. The molecule has 0 amide bonds. The van der Waals surface area contributed by atoms with Gasteiger partial charge in [-0.3, -0.25) is 5.01 Å². The first-order chi connectivity index (χ1) is 11.5. The van der Waals surface area contributed by atoms with Crippen molar-refractivity contribution < 1.29 is 8.42 Å². The molecule has 2 heterocycles. The van der Waals surface area contributed by atoms with E-state index < -0.39 is 10.0 Å². The molecule has 0 aliphatic carbocycles. The van der Waals surface area contributed by atoms with E-state index in [9.17, 15) is 13.3 Å². The minimum atomic E-state index is -3.21. The first-order valence-electron chi connectivity index (χ1n) is 7.81. The highest BCUT2D eigenvalue weighted by molar-refractivity contribution is 7.89. The van der Waals surface area contributed by atoms with Gasteiger partial charge in [-0.2, -0.15) is 0 Å². The fraction of sp³-hybridized carbons (Fsp3) is 0.375. The summed E-state index contributed by atoms with van der Waals surface area (Å²) in [6.07, 6.45) is 5.21. The zero-order chi connectivity index (χ0) is 17.2. The summed E-state index contributed by atoms with van der Waals surface area (Å²) < 4.78 is 25.5. The van der Waals surface area contributed by atoms with Gasteiger partial charge in [0.1, 0.15) is 0 Å². The van der Waals surface area contributed by atoms with Gasteiger partial charge >= 0.3 is 0 Å². The number of aryl methyl sites for hydroxylation is 1. The predicted molar refractivity (Wildman–Crippen MR) is 94.8 cm³/mol. The van der Waals surface area contributed by atoms with Gasteiger partial charge in [0.05, 0.1) is 17.6 Å². The van der Waals surface area contributed by atoms with Gasteiger partial charge in [0.25, 0.3) is 0 Å². The largest absolute Gasteiger partial charge is 0.361 e. The van der Waals surface area contributed by atoms with Crippen LogP contribution < -0.4 is 4.72 Å². The number of aromatic amines is 1. The van der Waals surface area contributed by atoms with E-state index in [0.717, 1.165) is 28.5 Å². The van der Waals surface area contributed by atoms with E-state index in [1.165, 1.54) is 17.6 Å². The lowest BCUT2D eigenvalue weighted by molar-refractivity contribution is 0.314. The van der Waals surface area contributed by atoms with E-state index in [4.69, 9.17) is 0 Å². The Labute approximate surface area is 140 Å². The number of H-pyrrole nitrogens is 1. The van der Waals surface area contributed by atoms with E-state index in [1.807, 2.05) is 30.5 Å². The van der Waals surface area contributed by atoms with Crippen LogP contribution in [0.4, 0.5) is 0 Å². The molecule has 0 fully saturated rings. The molecule has 2 aromatic rings. The van der Waals surface area contributed by atoms with E-state index in [-0.39, 0.29) is 5.75 Å². The number of nitroso groups, excluding NO2 is 1. The lowest BCUT2D eigenvalue weighted by Crippen LogP contribution is -2.23. The molecule has 7 nitrogen and oxygen atoms in total. The molecule has 2 N–H and O–H groups in total. The molecule has 0 atom stereocenters. The molecule has 1 aliphatic rings. The van der Waals surface area contributed by atoms with Crippen LogP contribution in [0.25, 0.3) is 16.5 Å². The summed E-state index contributed by atoms with van der Waals surface area (Å²) in [6, 6.07) is 5.96. The Kier molecular flexibility index (Phi) is 4.68. The molecule has 1 aliphatic heterocycles. The highest BCUT2D eigenvalue weighted by Crippen LogP contribution is 2.30. The zero-order valence-corrected chi connectivity index (χ0v) is 14.3. The smallest absolute Gasteiger partial charge is 0.211 e. The molecule has 128 valence electrons. The van der Waals surface area contributed by atoms with Gasteiger partial charge in [0.2, 0.25) is 10.0 Å². The summed E-state index contributed by atoms with van der Waals surface area (Å²) in [5.41, 5.74) is 4.28. The average molecular weight is 348 g/mol. The maximum absolute atomic E-state index is 11.6. The van der Waals surface area contributed by atoms with Crippen molar-refractivity contribution in [3.63, 3.8) is 0 Å². The molecule has 1 aromatic heterocycles. The second-order valence-corrected chi connectivity index (χ2v) is 7.87. The second-order valence-electron chi connectivity index (χ2n) is 5.83. The van der Waals surface area contributed by atoms with E-state index >= 15 is 0 Å². The van der Waals surface area contributed by atoms with Crippen LogP contribution in [0.2, 0.25) is 0 Å². The Morgan fingerprint density at radius 1 is 1.38 bits per heavy atom. The van der Waals surface area contributed by atoms with Crippen LogP contribution >= 0.6 is 0 Å². The number of aromatic nitrogens is 1. The predicted octanol–water partition coefficient (Wildman–Crippen LogP) is 2.03. The van der Waals surface area contributed by atoms with Crippen molar-refractivity contribution >= 4 is 26.5 Å². The van der Waals surface area contributed by atoms with Crippen molar-refractivity contribution in [1.29, 1.82) is 0 Å². The molecular formula is C16H20N4O3S. The van der Waals surface area contributed by atoms with Crippen molar-refractivity contribution in [3.05, 3.63) is 46.5 Å². The highest BCUT2D eigenvalue weighted by atomic mass is 32.2. The van der Waals surface area contributed by atoms with Crippen LogP contribution in [0.15, 0.2) is 35.8 Å². The Balaban J connectivity index is 1.87. The molecule has 0 unspecified atom stereocenters. The van der Waals surface area contributed by atoms with Crippen molar-refractivity contribution in [1.82, 2.24) is 14.7 Å². The first-order valence-corrected chi connectivity index (χ1v) is 9.46. The Hall–Kier alpha value is -2.19. The molecule has 8 heteroatoms. The summed E-state index contributed by atoms with van der Waals surface area (Å²) in [5.74, 6) is 0.0669. The Morgan fingerprint density at radius 3 is 2.88 bits per heavy atom. The van der Waals surface area contributed by atoms with E-state index in [0.29, 0.717) is 19.5 Å². The van der Waals surface area contributed by atoms with Gasteiger partial charge in [-0.1, -0.05) is 12.1 Å². The molecule has 3 rings (SSSR count). The second kappa shape index (κ2) is 6.74. The van der Waals surface area contributed by atoms with Gasteiger partial charge in [-0.25, -0.2) is 13.1 Å². The van der Waals surface area contributed by atoms with Crippen LogP contribution in [-0.2, 0) is 16.4 Å². The minimum Gasteiger partial charge on any atom is -0.361 e.